The summed E-state index contributed by atoms with van der Waals surface area (Å²) in [5.74, 6) is -0.380. The highest BCUT2D eigenvalue weighted by Gasteiger charge is 2.60. The number of nitrogens with zero attached hydrogens (tertiary/aromatic N) is 2. The molecule has 2 fully saturated rings. The van der Waals surface area contributed by atoms with E-state index in [1.807, 2.05) is 36.4 Å². The van der Waals surface area contributed by atoms with Crippen LogP contribution < -0.4 is 30.9 Å². The maximum absolute atomic E-state index is 13.2. The zero-order valence-corrected chi connectivity index (χ0v) is 17.1. The molecule has 3 aliphatic heterocycles. The third kappa shape index (κ3) is 2.88. The molecular weight excluding hydrogens is 398 g/mol. The van der Waals surface area contributed by atoms with Gasteiger partial charge in [-0.15, -0.1) is 0 Å². The van der Waals surface area contributed by atoms with Crippen LogP contribution in [0.15, 0.2) is 42.5 Å². The van der Waals surface area contributed by atoms with E-state index < -0.39 is 29.3 Å². The zero-order chi connectivity index (χ0) is 21.8. The third-order valence-electron chi connectivity index (χ3n) is 6.53. The van der Waals surface area contributed by atoms with Crippen molar-refractivity contribution in [1.82, 2.24) is 10.6 Å². The molecule has 4 N–H and O–H groups in total. The minimum absolute atomic E-state index is 0.177. The van der Waals surface area contributed by atoms with Crippen molar-refractivity contribution < 1.29 is 19.1 Å². The fraction of sp³-hybridized carbons (Fsp3) is 0.318. The molecule has 9 heteroatoms. The molecule has 0 aromatic heterocycles. The van der Waals surface area contributed by atoms with Gasteiger partial charge in [0, 0.05) is 36.7 Å². The molecule has 2 aromatic carbocycles. The summed E-state index contributed by atoms with van der Waals surface area (Å²) in [4.78, 5) is 42.4. The molecule has 2 aromatic rings. The number of fused-ring (bicyclic) bond motifs is 4. The summed E-state index contributed by atoms with van der Waals surface area (Å²) in [7, 11) is 1.62. The van der Waals surface area contributed by atoms with E-state index in [0.717, 1.165) is 22.7 Å². The number of rotatable bonds is 2. The maximum atomic E-state index is 13.2. The second-order valence-electron chi connectivity index (χ2n) is 8.13. The number of hydrogen-bond acceptors (Lipinski definition) is 7. The zero-order valence-electron chi connectivity index (χ0n) is 17.1. The molecule has 1 spiro atoms. The van der Waals surface area contributed by atoms with Gasteiger partial charge in [0.2, 0.25) is 11.8 Å². The highest BCUT2D eigenvalue weighted by molar-refractivity contribution is 6.20. The Kier molecular flexibility index (Phi) is 4.28. The van der Waals surface area contributed by atoms with E-state index >= 15 is 0 Å². The number of nitrogen functional groups attached to an aromatic ring is 1. The van der Waals surface area contributed by atoms with Crippen LogP contribution in [0.3, 0.4) is 0 Å². The predicted octanol–water partition coefficient (Wildman–Crippen LogP) is 0.881. The van der Waals surface area contributed by atoms with Crippen LogP contribution in [0.5, 0.6) is 5.75 Å². The fourth-order valence-corrected chi connectivity index (χ4v) is 4.99. The van der Waals surface area contributed by atoms with Crippen LogP contribution in [0.2, 0.25) is 0 Å². The van der Waals surface area contributed by atoms with Gasteiger partial charge in [-0.25, -0.2) is 4.79 Å². The first-order chi connectivity index (χ1) is 14.9. The Balaban J connectivity index is 1.58. The van der Waals surface area contributed by atoms with Crippen molar-refractivity contribution in [2.75, 3.05) is 42.3 Å². The fourth-order valence-electron chi connectivity index (χ4n) is 4.99. The summed E-state index contributed by atoms with van der Waals surface area (Å²) < 4.78 is 5.24. The number of nitrogens with one attached hydrogen (secondary N) is 2. The molecule has 0 bridgehead atoms. The van der Waals surface area contributed by atoms with Gasteiger partial charge < -0.3 is 20.3 Å². The first-order valence-corrected chi connectivity index (χ1v) is 10.1. The van der Waals surface area contributed by atoms with Crippen molar-refractivity contribution >= 4 is 34.9 Å². The van der Waals surface area contributed by atoms with Gasteiger partial charge in [-0.05, 0) is 54.4 Å². The highest BCUT2D eigenvalue weighted by Crippen LogP contribution is 2.45. The quantitative estimate of drug-likeness (QED) is 0.487. The minimum Gasteiger partial charge on any atom is -0.497 e. The molecule has 0 saturated carbocycles. The summed E-state index contributed by atoms with van der Waals surface area (Å²) in [6.07, 6.45) is 0.177. The number of ether oxygens (including phenoxy) is 1. The smallest absolute Gasteiger partial charge is 0.328 e. The van der Waals surface area contributed by atoms with Crippen molar-refractivity contribution in [3.05, 3.63) is 48.0 Å². The Morgan fingerprint density at radius 2 is 1.74 bits per heavy atom. The second kappa shape index (κ2) is 6.90. The normalized spacial score (nSPS) is 21.8. The molecule has 3 heterocycles. The van der Waals surface area contributed by atoms with Gasteiger partial charge in [-0.1, -0.05) is 0 Å². The first-order valence-electron chi connectivity index (χ1n) is 10.1. The molecule has 0 radical (unpaired) electrons. The van der Waals surface area contributed by atoms with Crippen LogP contribution in [-0.4, -0.2) is 50.6 Å². The summed E-state index contributed by atoms with van der Waals surface area (Å²) in [6.45, 7) is 1.78. The first kappa shape index (κ1) is 19.2. The molecule has 160 valence electrons. The second-order valence-corrected chi connectivity index (χ2v) is 8.13. The van der Waals surface area contributed by atoms with E-state index in [1.165, 1.54) is 0 Å². The van der Waals surface area contributed by atoms with Crippen molar-refractivity contribution in [1.29, 1.82) is 0 Å². The number of anilines is 3. The summed E-state index contributed by atoms with van der Waals surface area (Å²) in [5, 5.41) is 4.63. The van der Waals surface area contributed by atoms with Crippen molar-refractivity contribution in [2.45, 2.75) is 12.5 Å². The van der Waals surface area contributed by atoms with Crippen LogP contribution >= 0.6 is 0 Å². The number of nitrogens with two attached hydrogens (primary N) is 1. The minimum atomic E-state index is -1.43. The molecule has 31 heavy (non-hydrogen) atoms. The van der Waals surface area contributed by atoms with E-state index in [1.54, 1.807) is 13.2 Å². The van der Waals surface area contributed by atoms with Crippen LogP contribution in [0.25, 0.3) is 0 Å². The Hall–Kier alpha value is -3.75. The van der Waals surface area contributed by atoms with E-state index in [-0.39, 0.29) is 6.42 Å². The van der Waals surface area contributed by atoms with Crippen molar-refractivity contribution in [3.8, 4) is 5.75 Å². The van der Waals surface area contributed by atoms with Crippen LogP contribution in [0.4, 0.5) is 21.9 Å². The predicted molar refractivity (Wildman–Crippen MR) is 115 cm³/mol. The summed E-state index contributed by atoms with van der Waals surface area (Å²) >= 11 is 0. The average molecular weight is 421 g/mol. The van der Waals surface area contributed by atoms with Gasteiger partial charge in [0.1, 0.15) is 5.75 Å². The number of amides is 4. The Morgan fingerprint density at radius 3 is 2.42 bits per heavy atom. The van der Waals surface area contributed by atoms with E-state index in [0.29, 0.717) is 25.3 Å². The van der Waals surface area contributed by atoms with Crippen LogP contribution in [0.1, 0.15) is 5.56 Å². The largest absolute Gasteiger partial charge is 0.497 e. The lowest BCUT2D eigenvalue weighted by Gasteiger charge is -2.54. The lowest BCUT2D eigenvalue weighted by molar-refractivity contribution is -0.146. The standard InChI is InChI=1S/C22H23N5O4/c1-31-16-5-3-15(4-6-16)26-8-9-27-17-7-2-14(23)10-13(17)11-22(18(27)12-26)19(28)24-21(30)25-20(22)29/h2-7,10,18H,8-9,11-12,23H2,1H3,(H2,24,25,28,29,30). The number of benzene rings is 2. The number of methoxy groups -OCH3 is 1. The molecule has 2 saturated heterocycles. The summed E-state index contributed by atoms with van der Waals surface area (Å²) in [6, 6.07) is 12.0. The van der Waals surface area contributed by atoms with Gasteiger partial charge in [0.05, 0.1) is 13.2 Å². The Labute approximate surface area is 179 Å². The number of barbiturate groups is 1. The van der Waals surface area contributed by atoms with Crippen LogP contribution in [-0.2, 0) is 16.0 Å². The van der Waals surface area contributed by atoms with Gasteiger partial charge in [0.15, 0.2) is 5.41 Å². The Morgan fingerprint density at radius 1 is 1.03 bits per heavy atom. The van der Waals surface area contributed by atoms with E-state index in [2.05, 4.69) is 20.4 Å². The molecule has 1 atom stereocenters. The van der Waals surface area contributed by atoms with Crippen molar-refractivity contribution in [3.63, 3.8) is 0 Å². The van der Waals surface area contributed by atoms with Gasteiger partial charge in [-0.3, -0.25) is 20.2 Å². The molecule has 1 unspecified atom stereocenters. The SMILES string of the molecule is COc1ccc(N2CCN3c4ccc(N)cc4CC4(C(=O)NC(=O)NC4=O)C3C2)cc1. The lowest BCUT2D eigenvalue weighted by atomic mass is 9.68. The molecule has 3 aliphatic rings. The lowest BCUT2D eigenvalue weighted by Crippen LogP contribution is -2.74. The van der Waals surface area contributed by atoms with Crippen LogP contribution in [0, 0.1) is 5.41 Å². The number of imide groups is 2. The van der Waals surface area contributed by atoms with E-state index in [9.17, 15) is 14.4 Å². The highest BCUT2D eigenvalue weighted by atomic mass is 16.5. The van der Waals surface area contributed by atoms with Gasteiger partial charge in [-0.2, -0.15) is 0 Å². The monoisotopic (exact) mass is 421 g/mol. The molecule has 0 aliphatic carbocycles. The molecule has 9 nitrogen and oxygen atoms in total. The number of carbonyl (C=O) groups excluding carboxylic acids is 3. The Bertz CT molecular complexity index is 1060. The number of piperazine rings is 1. The third-order valence-corrected chi connectivity index (χ3v) is 6.53. The average Bonchev–Trinajstić information content (AvgIpc) is 2.76. The molecular formula is C22H23N5O4. The maximum Gasteiger partial charge on any atom is 0.328 e. The molecule has 4 amide bonds. The number of urea groups is 1. The van der Waals surface area contributed by atoms with E-state index in [4.69, 9.17) is 10.5 Å². The number of carbonyl (C=O) groups is 3. The molecule has 5 rings (SSSR count). The summed E-state index contributed by atoms with van der Waals surface area (Å²) in [5.41, 5.74) is 7.90. The topological polar surface area (TPSA) is 117 Å². The van der Waals surface area contributed by atoms with Gasteiger partial charge >= 0.3 is 6.03 Å². The van der Waals surface area contributed by atoms with Crippen molar-refractivity contribution in [2.24, 2.45) is 5.41 Å². The van der Waals surface area contributed by atoms with Gasteiger partial charge in [0.25, 0.3) is 0 Å². The number of hydrogen-bond donors (Lipinski definition) is 3.